The molecule has 1 saturated heterocycles. The van der Waals surface area contributed by atoms with E-state index in [0.29, 0.717) is 18.2 Å². The second kappa shape index (κ2) is 6.18. The summed E-state index contributed by atoms with van der Waals surface area (Å²) in [6, 6.07) is 6.14. The Labute approximate surface area is 122 Å². The fourth-order valence-corrected chi connectivity index (χ4v) is 2.67. The van der Waals surface area contributed by atoms with Gasteiger partial charge in [-0.15, -0.1) is 0 Å². The Morgan fingerprint density at radius 3 is 2.95 bits per heavy atom. The van der Waals surface area contributed by atoms with Crippen LogP contribution in [-0.2, 0) is 11.3 Å². The van der Waals surface area contributed by atoms with Crippen LogP contribution >= 0.6 is 0 Å². The SMILES string of the molecule is O=CC1CCCN(Cc2ncc(-c3ccc(F)cc3)o2)C1. The van der Waals surface area contributed by atoms with Crippen LogP contribution in [0.5, 0.6) is 0 Å². The van der Waals surface area contributed by atoms with Crippen molar-refractivity contribution in [1.82, 2.24) is 9.88 Å². The maximum Gasteiger partial charge on any atom is 0.209 e. The van der Waals surface area contributed by atoms with Crippen molar-refractivity contribution in [3.05, 3.63) is 42.2 Å². The molecule has 1 aromatic carbocycles. The molecule has 0 spiro atoms. The minimum atomic E-state index is -0.272. The number of nitrogens with zero attached hydrogens (tertiary/aromatic N) is 2. The van der Waals surface area contributed by atoms with E-state index in [-0.39, 0.29) is 11.7 Å². The lowest BCUT2D eigenvalue weighted by Crippen LogP contribution is -2.35. The third-order valence-electron chi connectivity index (χ3n) is 3.78. The number of aromatic nitrogens is 1. The third kappa shape index (κ3) is 3.36. The van der Waals surface area contributed by atoms with Gasteiger partial charge in [0.15, 0.2) is 5.76 Å². The Morgan fingerprint density at radius 2 is 2.19 bits per heavy atom. The van der Waals surface area contributed by atoms with Gasteiger partial charge >= 0.3 is 0 Å². The zero-order chi connectivity index (χ0) is 14.7. The zero-order valence-corrected chi connectivity index (χ0v) is 11.7. The highest BCUT2D eigenvalue weighted by atomic mass is 19.1. The Bertz CT molecular complexity index is 609. The first-order valence-corrected chi connectivity index (χ1v) is 7.13. The van der Waals surface area contributed by atoms with Gasteiger partial charge in [-0.25, -0.2) is 9.37 Å². The van der Waals surface area contributed by atoms with Gasteiger partial charge in [-0.05, 0) is 43.7 Å². The van der Waals surface area contributed by atoms with Crippen molar-refractivity contribution >= 4 is 6.29 Å². The molecule has 0 saturated carbocycles. The molecule has 1 aromatic heterocycles. The van der Waals surface area contributed by atoms with E-state index < -0.39 is 0 Å². The topological polar surface area (TPSA) is 46.3 Å². The maximum absolute atomic E-state index is 12.9. The Hall–Kier alpha value is -2.01. The Kier molecular flexibility index (Phi) is 4.10. The molecule has 5 heteroatoms. The second-order valence-corrected chi connectivity index (χ2v) is 5.40. The van der Waals surface area contributed by atoms with Crippen molar-refractivity contribution in [3.8, 4) is 11.3 Å². The van der Waals surface area contributed by atoms with E-state index in [1.807, 2.05) is 0 Å². The third-order valence-corrected chi connectivity index (χ3v) is 3.78. The molecule has 0 N–H and O–H groups in total. The van der Waals surface area contributed by atoms with Gasteiger partial charge < -0.3 is 9.21 Å². The number of hydrogen-bond acceptors (Lipinski definition) is 4. The van der Waals surface area contributed by atoms with E-state index in [2.05, 4.69) is 9.88 Å². The summed E-state index contributed by atoms with van der Waals surface area (Å²) in [7, 11) is 0. The highest BCUT2D eigenvalue weighted by molar-refractivity contribution is 5.56. The molecular formula is C16H17FN2O2. The predicted octanol–water partition coefficient (Wildman–Crippen LogP) is 2.89. The van der Waals surface area contributed by atoms with Gasteiger partial charge in [0, 0.05) is 18.0 Å². The quantitative estimate of drug-likeness (QED) is 0.812. The van der Waals surface area contributed by atoms with Crippen LogP contribution in [0.25, 0.3) is 11.3 Å². The summed E-state index contributed by atoms with van der Waals surface area (Å²) in [5.74, 6) is 1.10. The lowest BCUT2D eigenvalue weighted by molar-refractivity contribution is -0.112. The zero-order valence-electron chi connectivity index (χ0n) is 11.7. The number of carbonyl (C=O) groups is 1. The minimum Gasteiger partial charge on any atom is -0.439 e. The van der Waals surface area contributed by atoms with Gasteiger partial charge in [-0.3, -0.25) is 4.90 Å². The molecule has 0 bridgehead atoms. The molecule has 3 rings (SSSR count). The van der Waals surface area contributed by atoms with E-state index in [9.17, 15) is 9.18 Å². The van der Waals surface area contributed by atoms with Gasteiger partial charge in [-0.1, -0.05) is 0 Å². The van der Waals surface area contributed by atoms with Crippen molar-refractivity contribution in [2.45, 2.75) is 19.4 Å². The summed E-state index contributed by atoms with van der Waals surface area (Å²) in [6.07, 6.45) is 4.68. The Morgan fingerprint density at radius 1 is 1.38 bits per heavy atom. The number of benzene rings is 1. The van der Waals surface area contributed by atoms with Crippen LogP contribution < -0.4 is 0 Å². The molecule has 0 aliphatic carbocycles. The average molecular weight is 288 g/mol. The standard InChI is InChI=1S/C16H17FN2O2/c17-14-5-3-13(4-6-14)15-8-18-16(21-15)10-19-7-1-2-12(9-19)11-20/h3-6,8,11-12H,1-2,7,9-10H2. The van der Waals surface area contributed by atoms with Gasteiger partial charge in [0.2, 0.25) is 5.89 Å². The lowest BCUT2D eigenvalue weighted by atomic mass is 10.00. The number of halogens is 1. The average Bonchev–Trinajstić information content (AvgIpc) is 2.96. The van der Waals surface area contributed by atoms with E-state index >= 15 is 0 Å². The fraction of sp³-hybridized carbons (Fsp3) is 0.375. The van der Waals surface area contributed by atoms with E-state index in [1.54, 1.807) is 18.3 Å². The van der Waals surface area contributed by atoms with Crippen molar-refractivity contribution in [2.75, 3.05) is 13.1 Å². The second-order valence-electron chi connectivity index (χ2n) is 5.40. The molecule has 110 valence electrons. The van der Waals surface area contributed by atoms with Crippen LogP contribution in [0, 0.1) is 11.7 Å². The maximum atomic E-state index is 12.9. The largest absolute Gasteiger partial charge is 0.439 e. The van der Waals surface area contributed by atoms with Crippen molar-refractivity contribution in [2.24, 2.45) is 5.92 Å². The van der Waals surface area contributed by atoms with Gasteiger partial charge in [-0.2, -0.15) is 0 Å². The number of rotatable bonds is 4. The molecular weight excluding hydrogens is 271 g/mol. The summed E-state index contributed by atoms with van der Waals surface area (Å²) in [4.78, 5) is 17.3. The van der Waals surface area contributed by atoms with Crippen LogP contribution in [0.4, 0.5) is 4.39 Å². The van der Waals surface area contributed by atoms with Gasteiger partial charge in [0.05, 0.1) is 12.7 Å². The summed E-state index contributed by atoms with van der Waals surface area (Å²) < 4.78 is 18.6. The molecule has 1 aliphatic rings. The van der Waals surface area contributed by atoms with E-state index in [1.165, 1.54) is 12.1 Å². The monoisotopic (exact) mass is 288 g/mol. The van der Waals surface area contributed by atoms with Crippen LogP contribution in [0.2, 0.25) is 0 Å². The first kappa shape index (κ1) is 13.9. The van der Waals surface area contributed by atoms with Gasteiger partial charge in [0.1, 0.15) is 12.1 Å². The highest BCUT2D eigenvalue weighted by Crippen LogP contribution is 2.22. The van der Waals surface area contributed by atoms with Gasteiger partial charge in [0.25, 0.3) is 0 Å². The highest BCUT2D eigenvalue weighted by Gasteiger charge is 2.20. The molecule has 1 aliphatic heterocycles. The number of oxazole rings is 1. The molecule has 0 radical (unpaired) electrons. The minimum absolute atomic E-state index is 0.116. The molecule has 4 nitrogen and oxygen atoms in total. The fourth-order valence-electron chi connectivity index (χ4n) is 2.67. The molecule has 1 unspecified atom stereocenters. The van der Waals surface area contributed by atoms with Crippen LogP contribution in [0.1, 0.15) is 18.7 Å². The summed E-state index contributed by atoms with van der Waals surface area (Å²) >= 11 is 0. The van der Waals surface area contributed by atoms with Crippen LogP contribution in [0.3, 0.4) is 0 Å². The summed E-state index contributed by atoms with van der Waals surface area (Å²) in [6.45, 7) is 2.32. The van der Waals surface area contributed by atoms with E-state index in [0.717, 1.165) is 37.8 Å². The molecule has 1 atom stereocenters. The predicted molar refractivity (Wildman–Crippen MR) is 76.0 cm³/mol. The smallest absolute Gasteiger partial charge is 0.209 e. The summed E-state index contributed by atoms with van der Waals surface area (Å²) in [5.41, 5.74) is 0.805. The number of aldehydes is 1. The molecule has 21 heavy (non-hydrogen) atoms. The summed E-state index contributed by atoms with van der Waals surface area (Å²) in [5, 5.41) is 0. The van der Waals surface area contributed by atoms with Crippen molar-refractivity contribution in [3.63, 3.8) is 0 Å². The van der Waals surface area contributed by atoms with Crippen LogP contribution in [0.15, 0.2) is 34.9 Å². The van der Waals surface area contributed by atoms with E-state index in [4.69, 9.17) is 4.42 Å². The Balaban J connectivity index is 1.67. The lowest BCUT2D eigenvalue weighted by Gasteiger charge is -2.28. The normalized spacial score (nSPS) is 19.6. The first-order valence-electron chi connectivity index (χ1n) is 7.13. The van der Waals surface area contributed by atoms with Crippen molar-refractivity contribution in [1.29, 1.82) is 0 Å². The first-order chi connectivity index (χ1) is 10.2. The van der Waals surface area contributed by atoms with Crippen molar-refractivity contribution < 1.29 is 13.6 Å². The molecule has 0 amide bonds. The number of piperidine rings is 1. The number of likely N-dealkylation sites (tertiary alicyclic amines) is 1. The number of hydrogen-bond donors (Lipinski definition) is 0. The molecule has 2 aromatic rings. The van der Waals surface area contributed by atoms with Crippen LogP contribution in [-0.4, -0.2) is 29.3 Å². The molecule has 1 fully saturated rings. The number of carbonyl (C=O) groups excluding carboxylic acids is 1. The molecule has 2 heterocycles.